The Kier molecular flexibility index (Phi) is 5.93. The van der Waals surface area contributed by atoms with Crippen molar-refractivity contribution in [2.75, 3.05) is 40.3 Å². The van der Waals surface area contributed by atoms with Gasteiger partial charge in [0.05, 0.1) is 0 Å². The topological polar surface area (TPSA) is 18.5 Å². The second kappa shape index (κ2) is 7.46. The first kappa shape index (κ1) is 14.3. The second-order valence-electron chi connectivity index (χ2n) is 6.30. The van der Waals surface area contributed by atoms with E-state index in [2.05, 4.69) is 29.2 Å². The fourth-order valence-electron chi connectivity index (χ4n) is 3.38. The van der Waals surface area contributed by atoms with E-state index in [0.29, 0.717) is 0 Å². The average molecular weight is 253 g/mol. The minimum Gasteiger partial charge on any atom is -0.314 e. The van der Waals surface area contributed by atoms with Crippen molar-refractivity contribution in [2.24, 2.45) is 0 Å². The standard InChI is InChI=1S/C15H31N3/c1-17-12-8-15(9-13-17)18(2)11-5-10-16-14-6-3-4-7-14/h14-16H,3-13H2,1-2H3. The number of hydrogen-bond acceptors (Lipinski definition) is 3. The van der Waals surface area contributed by atoms with Crippen molar-refractivity contribution < 1.29 is 0 Å². The minimum absolute atomic E-state index is 0.827. The van der Waals surface area contributed by atoms with Crippen LogP contribution in [0.5, 0.6) is 0 Å². The van der Waals surface area contributed by atoms with Gasteiger partial charge >= 0.3 is 0 Å². The summed E-state index contributed by atoms with van der Waals surface area (Å²) in [5.74, 6) is 0. The lowest BCUT2D eigenvalue weighted by Crippen LogP contribution is -2.42. The van der Waals surface area contributed by atoms with Crippen molar-refractivity contribution in [2.45, 2.75) is 57.0 Å². The molecule has 2 fully saturated rings. The van der Waals surface area contributed by atoms with E-state index in [9.17, 15) is 0 Å². The Hall–Kier alpha value is -0.120. The smallest absolute Gasteiger partial charge is 0.0117 e. The molecule has 106 valence electrons. The molecule has 0 bridgehead atoms. The first-order chi connectivity index (χ1) is 8.75. The predicted octanol–water partition coefficient (Wildman–Crippen LogP) is 1.93. The van der Waals surface area contributed by atoms with E-state index < -0.39 is 0 Å². The third-order valence-corrected chi connectivity index (χ3v) is 4.79. The number of nitrogens with zero attached hydrogens (tertiary/aromatic N) is 2. The van der Waals surface area contributed by atoms with Gasteiger partial charge in [-0.3, -0.25) is 0 Å². The molecule has 0 spiro atoms. The first-order valence-corrected chi connectivity index (χ1v) is 7.88. The summed E-state index contributed by atoms with van der Waals surface area (Å²) >= 11 is 0. The van der Waals surface area contributed by atoms with Crippen molar-refractivity contribution in [1.29, 1.82) is 0 Å². The van der Waals surface area contributed by atoms with Gasteiger partial charge in [-0.1, -0.05) is 12.8 Å². The highest BCUT2D eigenvalue weighted by Gasteiger charge is 2.20. The van der Waals surface area contributed by atoms with Gasteiger partial charge in [-0.05, 0) is 72.4 Å². The van der Waals surface area contributed by atoms with E-state index in [1.165, 1.54) is 71.1 Å². The summed E-state index contributed by atoms with van der Waals surface area (Å²) in [4.78, 5) is 5.04. The lowest BCUT2D eigenvalue weighted by atomic mass is 10.0. The number of nitrogens with one attached hydrogen (secondary N) is 1. The lowest BCUT2D eigenvalue weighted by Gasteiger charge is -2.35. The van der Waals surface area contributed by atoms with Crippen LogP contribution in [0.25, 0.3) is 0 Å². The third-order valence-electron chi connectivity index (χ3n) is 4.79. The molecule has 1 heterocycles. The van der Waals surface area contributed by atoms with E-state index >= 15 is 0 Å². The van der Waals surface area contributed by atoms with Gasteiger partial charge in [-0.25, -0.2) is 0 Å². The molecule has 0 aromatic rings. The monoisotopic (exact) mass is 253 g/mol. The number of likely N-dealkylation sites (tertiary alicyclic amines) is 1. The highest BCUT2D eigenvalue weighted by atomic mass is 15.2. The van der Waals surface area contributed by atoms with E-state index in [1.807, 2.05) is 0 Å². The van der Waals surface area contributed by atoms with Crippen LogP contribution < -0.4 is 5.32 Å². The van der Waals surface area contributed by atoms with Gasteiger partial charge in [0.25, 0.3) is 0 Å². The van der Waals surface area contributed by atoms with Crippen LogP contribution in [0.3, 0.4) is 0 Å². The average Bonchev–Trinajstić information content (AvgIpc) is 2.88. The molecule has 2 rings (SSSR count). The maximum absolute atomic E-state index is 3.71. The van der Waals surface area contributed by atoms with E-state index in [1.54, 1.807) is 0 Å². The molecule has 18 heavy (non-hydrogen) atoms. The zero-order valence-electron chi connectivity index (χ0n) is 12.3. The van der Waals surface area contributed by atoms with Crippen LogP contribution in [0.4, 0.5) is 0 Å². The fraction of sp³-hybridized carbons (Fsp3) is 1.00. The molecule has 3 nitrogen and oxygen atoms in total. The Balaban J connectivity index is 1.52. The molecule has 1 aliphatic carbocycles. The summed E-state index contributed by atoms with van der Waals surface area (Å²) in [5, 5.41) is 3.71. The molecular weight excluding hydrogens is 222 g/mol. The highest BCUT2D eigenvalue weighted by Crippen LogP contribution is 2.17. The Morgan fingerprint density at radius 1 is 1.11 bits per heavy atom. The van der Waals surface area contributed by atoms with Gasteiger partial charge in [0.1, 0.15) is 0 Å². The predicted molar refractivity (Wildman–Crippen MR) is 78.0 cm³/mol. The Morgan fingerprint density at radius 2 is 1.78 bits per heavy atom. The zero-order valence-corrected chi connectivity index (χ0v) is 12.3. The maximum atomic E-state index is 3.71. The van der Waals surface area contributed by atoms with Crippen molar-refractivity contribution in [3.05, 3.63) is 0 Å². The molecule has 1 saturated heterocycles. The van der Waals surface area contributed by atoms with Gasteiger partial charge in [0, 0.05) is 12.1 Å². The van der Waals surface area contributed by atoms with E-state index in [0.717, 1.165) is 12.1 Å². The summed E-state index contributed by atoms with van der Waals surface area (Å²) in [5.41, 5.74) is 0. The largest absolute Gasteiger partial charge is 0.314 e. The molecular formula is C15H31N3. The van der Waals surface area contributed by atoms with Crippen molar-refractivity contribution in [1.82, 2.24) is 15.1 Å². The van der Waals surface area contributed by atoms with Crippen LogP contribution >= 0.6 is 0 Å². The molecule has 2 aliphatic rings. The molecule has 0 amide bonds. The highest BCUT2D eigenvalue weighted by molar-refractivity contribution is 4.77. The molecule has 1 aliphatic heterocycles. The van der Waals surface area contributed by atoms with Gasteiger partial charge in [0.2, 0.25) is 0 Å². The fourth-order valence-corrected chi connectivity index (χ4v) is 3.38. The van der Waals surface area contributed by atoms with Crippen LogP contribution in [-0.4, -0.2) is 62.2 Å². The molecule has 0 aromatic carbocycles. The zero-order chi connectivity index (χ0) is 12.8. The van der Waals surface area contributed by atoms with Crippen molar-refractivity contribution in [3.8, 4) is 0 Å². The first-order valence-electron chi connectivity index (χ1n) is 7.88. The van der Waals surface area contributed by atoms with Gasteiger partial charge in [-0.2, -0.15) is 0 Å². The lowest BCUT2D eigenvalue weighted by molar-refractivity contribution is 0.143. The van der Waals surface area contributed by atoms with Gasteiger partial charge in [-0.15, -0.1) is 0 Å². The molecule has 1 saturated carbocycles. The van der Waals surface area contributed by atoms with Crippen molar-refractivity contribution in [3.63, 3.8) is 0 Å². The summed E-state index contributed by atoms with van der Waals surface area (Å²) < 4.78 is 0. The quantitative estimate of drug-likeness (QED) is 0.730. The summed E-state index contributed by atoms with van der Waals surface area (Å²) in [6, 6.07) is 1.66. The normalized spacial score (nSPS) is 24.2. The molecule has 0 radical (unpaired) electrons. The molecule has 0 aromatic heterocycles. The SMILES string of the molecule is CN1CCC(N(C)CCCNC2CCCC2)CC1. The Bertz CT molecular complexity index is 218. The molecule has 1 N–H and O–H groups in total. The van der Waals surface area contributed by atoms with Crippen molar-refractivity contribution >= 4 is 0 Å². The van der Waals surface area contributed by atoms with E-state index in [4.69, 9.17) is 0 Å². The molecule has 0 unspecified atom stereocenters. The third kappa shape index (κ3) is 4.52. The van der Waals surface area contributed by atoms with Gasteiger partial charge < -0.3 is 15.1 Å². The van der Waals surface area contributed by atoms with Crippen LogP contribution in [0.15, 0.2) is 0 Å². The number of rotatable bonds is 6. The number of piperidine rings is 1. The van der Waals surface area contributed by atoms with Crippen LogP contribution in [0, 0.1) is 0 Å². The summed E-state index contributed by atoms with van der Waals surface area (Å²) in [6.07, 6.45) is 9.70. The second-order valence-corrected chi connectivity index (χ2v) is 6.30. The summed E-state index contributed by atoms with van der Waals surface area (Å²) in [6.45, 7) is 5.01. The van der Waals surface area contributed by atoms with Crippen LogP contribution in [0.2, 0.25) is 0 Å². The van der Waals surface area contributed by atoms with Crippen LogP contribution in [-0.2, 0) is 0 Å². The van der Waals surface area contributed by atoms with E-state index in [-0.39, 0.29) is 0 Å². The summed E-state index contributed by atoms with van der Waals surface area (Å²) in [7, 11) is 4.55. The number of hydrogen-bond donors (Lipinski definition) is 1. The molecule has 0 atom stereocenters. The maximum Gasteiger partial charge on any atom is 0.0117 e. The molecule has 3 heteroatoms. The van der Waals surface area contributed by atoms with Gasteiger partial charge in [0.15, 0.2) is 0 Å². The Labute approximate surface area is 113 Å². The van der Waals surface area contributed by atoms with Crippen LogP contribution in [0.1, 0.15) is 44.9 Å². The minimum atomic E-state index is 0.827. The Morgan fingerprint density at radius 3 is 2.44 bits per heavy atom.